The van der Waals surface area contributed by atoms with Crippen LogP contribution >= 0.6 is 0 Å². The number of benzene rings is 2. The lowest BCUT2D eigenvalue weighted by atomic mass is 9.68. The second-order valence-corrected chi connectivity index (χ2v) is 11.5. The van der Waals surface area contributed by atoms with Crippen molar-refractivity contribution in [3.63, 3.8) is 0 Å². The van der Waals surface area contributed by atoms with Crippen LogP contribution in [0, 0.1) is 12.3 Å². The Labute approximate surface area is 222 Å². The minimum Gasteiger partial charge on any atom is -0.380 e. The van der Waals surface area contributed by atoms with Gasteiger partial charge in [0.1, 0.15) is 6.04 Å². The third kappa shape index (κ3) is 4.41. The third-order valence-corrected chi connectivity index (χ3v) is 8.78. The number of nitrogens with zero attached hydrogens (tertiary/aromatic N) is 2. The summed E-state index contributed by atoms with van der Waals surface area (Å²) in [5.41, 5.74) is 5.40. The van der Waals surface area contributed by atoms with Gasteiger partial charge in [-0.25, -0.2) is 0 Å². The molecule has 4 aliphatic rings. The Hall–Kier alpha value is -3.52. The lowest BCUT2D eigenvalue weighted by Crippen LogP contribution is -2.56. The van der Waals surface area contributed by atoms with E-state index in [1.165, 1.54) is 56.3 Å². The van der Waals surface area contributed by atoms with Crippen molar-refractivity contribution < 1.29 is 19.2 Å². The molecular weight excluding hydrogens is 480 g/mol. The molecule has 198 valence electrons. The van der Waals surface area contributed by atoms with Crippen LogP contribution in [0.15, 0.2) is 36.4 Å². The normalized spacial score (nSPS) is 22.9. The summed E-state index contributed by atoms with van der Waals surface area (Å²) >= 11 is 0. The predicted molar refractivity (Wildman–Crippen MR) is 142 cm³/mol. The van der Waals surface area contributed by atoms with E-state index in [1.54, 1.807) is 18.2 Å². The number of piperidine rings is 1. The molecule has 3 aliphatic heterocycles. The van der Waals surface area contributed by atoms with Gasteiger partial charge in [-0.05, 0) is 60.4 Å². The van der Waals surface area contributed by atoms with Crippen LogP contribution in [-0.2, 0) is 22.7 Å². The van der Waals surface area contributed by atoms with E-state index < -0.39 is 23.8 Å². The molecule has 2 N–H and O–H groups in total. The minimum absolute atomic E-state index is 0.100. The molecule has 1 spiro atoms. The maximum Gasteiger partial charge on any atom is 0.264 e. The van der Waals surface area contributed by atoms with E-state index in [1.807, 2.05) is 0 Å². The number of imide groups is 2. The van der Waals surface area contributed by atoms with E-state index >= 15 is 0 Å². The van der Waals surface area contributed by atoms with E-state index in [0.717, 1.165) is 17.0 Å². The molecule has 0 radical (unpaired) electrons. The van der Waals surface area contributed by atoms with Gasteiger partial charge in [0, 0.05) is 38.3 Å². The van der Waals surface area contributed by atoms with Crippen molar-refractivity contribution >= 4 is 29.3 Å². The molecule has 8 nitrogen and oxygen atoms in total. The predicted octanol–water partition coefficient (Wildman–Crippen LogP) is 3.77. The molecule has 0 aromatic heterocycles. The smallest absolute Gasteiger partial charge is 0.264 e. The minimum atomic E-state index is -0.970. The van der Waals surface area contributed by atoms with Crippen LogP contribution in [-0.4, -0.2) is 52.6 Å². The van der Waals surface area contributed by atoms with Crippen molar-refractivity contribution in [3.05, 3.63) is 64.2 Å². The number of carbonyl (C=O) groups is 4. The molecule has 1 atom stereocenters. The molecule has 1 saturated carbocycles. The Morgan fingerprint density at radius 3 is 2.53 bits per heavy atom. The van der Waals surface area contributed by atoms with Crippen LogP contribution < -0.4 is 10.6 Å². The van der Waals surface area contributed by atoms with E-state index in [-0.39, 0.29) is 29.9 Å². The summed E-state index contributed by atoms with van der Waals surface area (Å²) in [5, 5.41) is 5.57. The molecule has 3 fully saturated rings. The molecule has 4 amide bonds. The van der Waals surface area contributed by atoms with E-state index in [0.29, 0.717) is 17.6 Å². The highest BCUT2D eigenvalue weighted by molar-refractivity contribution is 6.25. The number of fused-ring (bicyclic) bond motifs is 1. The fourth-order valence-corrected chi connectivity index (χ4v) is 6.78. The van der Waals surface area contributed by atoms with Crippen molar-refractivity contribution in [1.29, 1.82) is 0 Å². The fraction of sp³-hybridized carbons (Fsp3) is 0.467. The van der Waals surface area contributed by atoms with Crippen molar-refractivity contribution in [2.75, 3.05) is 18.4 Å². The number of rotatable bonds is 6. The Balaban J connectivity index is 1.11. The maximum atomic E-state index is 13.3. The number of nitrogens with one attached hydrogen (secondary N) is 2. The Morgan fingerprint density at radius 1 is 1.00 bits per heavy atom. The van der Waals surface area contributed by atoms with Gasteiger partial charge in [0.2, 0.25) is 11.8 Å². The number of aryl methyl sites for hydroxylation is 1. The van der Waals surface area contributed by atoms with Crippen molar-refractivity contribution in [2.24, 2.45) is 5.41 Å². The van der Waals surface area contributed by atoms with Gasteiger partial charge in [0.15, 0.2) is 0 Å². The average molecular weight is 515 g/mol. The summed E-state index contributed by atoms with van der Waals surface area (Å²) in [4.78, 5) is 53.8. The largest absolute Gasteiger partial charge is 0.380 e. The standard InChI is InChI=1S/C30H34N4O4/c1-19-14-20(8-9-21(19)16-33-17-30(18-33)12-3-2-4-13-30)15-31-23-7-5-6-22-26(23)29(38)34(28(22)37)24-10-11-25(35)32-27(24)36/h5-9,14,24,31H,2-4,10-13,15-18H2,1H3,(H,32,35,36). The summed E-state index contributed by atoms with van der Waals surface area (Å²) in [6.45, 7) is 6.08. The lowest BCUT2D eigenvalue weighted by molar-refractivity contribution is -0.136. The van der Waals surface area contributed by atoms with Gasteiger partial charge >= 0.3 is 0 Å². The molecule has 1 unspecified atom stereocenters. The zero-order chi connectivity index (χ0) is 26.4. The number of amides is 4. The fourth-order valence-electron chi connectivity index (χ4n) is 6.78. The first kappa shape index (κ1) is 24.8. The Morgan fingerprint density at radius 2 is 1.79 bits per heavy atom. The number of carbonyl (C=O) groups excluding carboxylic acids is 4. The summed E-state index contributed by atoms with van der Waals surface area (Å²) in [7, 11) is 0. The zero-order valence-electron chi connectivity index (χ0n) is 21.8. The van der Waals surface area contributed by atoms with Crippen LogP contribution in [0.5, 0.6) is 0 Å². The first-order valence-corrected chi connectivity index (χ1v) is 13.7. The monoisotopic (exact) mass is 514 g/mol. The quantitative estimate of drug-likeness (QED) is 0.570. The molecule has 2 aromatic carbocycles. The van der Waals surface area contributed by atoms with Gasteiger partial charge in [-0.2, -0.15) is 0 Å². The second kappa shape index (κ2) is 9.66. The number of hydrogen-bond donors (Lipinski definition) is 2. The first-order valence-electron chi connectivity index (χ1n) is 13.7. The molecule has 6 rings (SSSR count). The van der Waals surface area contributed by atoms with Crippen molar-refractivity contribution in [3.8, 4) is 0 Å². The highest BCUT2D eigenvalue weighted by Gasteiger charge is 2.46. The van der Waals surface area contributed by atoms with E-state index in [4.69, 9.17) is 0 Å². The van der Waals surface area contributed by atoms with Gasteiger partial charge in [0.05, 0.1) is 11.1 Å². The van der Waals surface area contributed by atoms with Crippen molar-refractivity contribution in [2.45, 2.75) is 71.0 Å². The van der Waals surface area contributed by atoms with Crippen LogP contribution in [0.2, 0.25) is 0 Å². The molecule has 38 heavy (non-hydrogen) atoms. The van der Waals surface area contributed by atoms with Gasteiger partial charge in [-0.1, -0.05) is 43.5 Å². The van der Waals surface area contributed by atoms with Crippen LogP contribution in [0.4, 0.5) is 5.69 Å². The van der Waals surface area contributed by atoms with Gasteiger partial charge in [0.25, 0.3) is 11.8 Å². The highest BCUT2D eigenvalue weighted by Crippen LogP contribution is 2.44. The topological polar surface area (TPSA) is 98.8 Å². The van der Waals surface area contributed by atoms with Gasteiger partial charge in [-0.3, -0.25) is 34.3 Å². The van der Waals surface area contributed by atoms with Crippen LogP contribution in [0.1, 0.15) is 82.4 Å². The number of anilines is 1. The zero-order valence-corrected chi connectivity index (χ0v) is 21.8. The third-order valence-electron chi connectivity index (χ3n) is 8.78. The SMILES string of the molecule is Cc1cc(CNc2cccc3c2C(=O)N(C2CCC(=O)NC2=O)C3=O)ccc1CN1CC2(CCCCC2)C1. The summed E-state index contributed by atoms with van der Waals surface area (Å²) < 4.78 is 0. The maximum absolute atomic E-state index is 13.3. The first-order chi connectivity index (χ1) is 18.3. The van der Waals surface area contributed by atoms with Crippen LogP contribution in [0.25, 0.3) is 0 Å². The van der Waals surface area contributed by atoms with Gasteiger partial charge < -0.3 is 5.32 Å². The Bertz CT molecular complexity index is 1320. The number of hydrogen-bond acceptors (Lipinski definition) is 6. The van der Waals surface area contributed by atoms with E-state index in [9.17, 15) is 19.2 Å². The second-order valence-electron chi connectivity index (χ2n) is 11.5. The molecule has 0 bridgehead atoms. The molecule has 8 heteroatoms. The van der Waals surface area contributed by atoms with Crippen molar-refractivity contribution in [1.82, 2.24) is 15.1 Å². The summed E-state index contributed by atoms with van der Waals surface area (Å²) in [6, 6.07) is 10.7. The molecular formula is C30H34N4O4. The molecule has 3 heterocycles. The van der Waals surface area contributed by atoms with E-state index in [2.05, 4.69) is 40.7 Å². The highest BCUT2D eigenvalue weighted by atomic mass is 16.2. The molecule has 1 aliphatic carbocycles. The average Bonchev–Trinajstić information content (AvgIpc) is 3.14. The van der Waals surface area contributed by atoms with Gasteiger partial charge in [-0.15, -0.1) is 0 Å². The molecule has 2 saturated heterocycles. The lowest BCUT2D eigenvalue weighted by Gasteiger charge is -2.52. The number of likely N-dealkylation sites (tertiary alicyclic amines) is 1. The summed E-state index contributed by atoms with van der Waals surface area (Å²) in [6.07, 6.45) is 7.17. The Kier molecular flexibility index (Phi) is 6.30. The summed E-state index contributed by atoms with van der Waals surface area (Å²) in [5.74, 6) is -1.98. The van der Waals surface area contributed by atoms with Crippen LogP contribution in [0.3, 0.4) is 0 Å². The molecule has 2 aromatic rings.